The van der Waals surface area contributed by atoms with E-state index in [0.717, 1.165) is 11.3 Å². The molecule has 0 fully saturated rings. The highest BCUT2D eigenvalue weighted by atomic mass is 16.5. The van der Waals surface area contributed by atoms with Gasteiger partial charge >= 0.3 is 5.97 Å². The lowest BCUT2D eigenvalue weighted by Gasteiger charge is -2.05. The van der Waals surface area contributed by atoms with E-state index in [1.807, 2.05) is 54.6 Å². The van der Waals surface area contributed by atoms with Crippen LogP contribution in [0.3, 0.4) is 0 Å². The van der Waals surface area contributed by atoms with Crippen molar-refractivity contribution in [1.29, 1.82) is 0 Å². The fourth-order valence-corrected chi connectivity index (χ4v) is 3.28. The number of aromatic nitrogens is 7. The Morgan fingerprint density at radius 3 is 2.45 bits per heavy atom. The van der Waals surface area contributed by atoms with Crippen LogP contribution in [0.5, 0.6) is 5.75 Å². The van der Waals surface area contributed by atoms with E-state index in [1.165, 1.54) is 7.11 Å². The zero-order valence-corrected chi connectivity index (χ0v) is 16.8. The van der Waals surface area contributed by atoms with Gasteiger partial charge in [0.2, 0.25) is 0 Å². The molecule has 154 valence electrons. The standard InChI is InChI=1S/C21H17N7O3/c1-30-15-10-8-14(9-11-15)27-20-18(16(25-27)12-17(29)31-2)23-24-21-22-19(26-28(20)21)13-6-4-3-5-7-13/h3-11H,12H2,1-2H3. The van der Waals surface area contributed by atoms with Gasteiger partial charge in [0.1, 0.15) is 11.4 Å². The van der Waals surface area contributed by atoms with Gasteiger partial charge in [-0.25, -0.2) is 4.68 Å². The quantitative estimate of drug-likeness (QED) is 0.402. The van der Waals surface area contributed by atoms with Gasteiger partial charge in [0.25, 0.3) is 5.78 Å². The first kappa shape index (κ1) is 18.7. The third-order valence-electron chi connectivity index (χ3n) is 4.83. The number of carbonyl (C=O) groups is 1. The molecule has 0 spiro atoms. The maximum absolute atomic E-state index is 11.9. The second-order valence-electron chi connectivity index (χ2n) is 6.69. The molecule has 0 bridgehead atoms. The second-order valence-corrected chi connectivity index (χ2v) is 6.69. The van der Waals surface area contributed by atoms with Crippen molar-refractivity contribution >= 4 is 22.9 Å². The van der Waals surface area contributed by atoms with Gasteiger partial charge in [-0.1, -0.05) is 30.3 Å². The molecule has 31 heavy (non-hydrogen) atoms. The molecule has 0 atom stereocenters. The van der Waals surface area contributed by atoms with Crippen LogP contribution in [0.2, 0.25) is 0 Å². The summed E-state index contributed by atoms with van der Waals surface area (Å²) in [4.78, 5) is 16.4. The summed E-state index contributed by atoms with van der Waals surface area (Å²) < 4.78 is 13.3. The zero-order valence-electron chi connectivity index (χ0n) is 16.8. The predicted octanol–water partition coefficient (Wildman–Crippen LogP) is 2.25. The fourth-order valence-electron chi connectivity index (χ4n) is 3.28. The number of benzene rings is 2. The Hall–Kier alpha value is -4.34. The molecule has 2 aromatic carbocycles. The minimum atomic E-state index is -0.424. The van der Waals surface area contributed by atoms with Crippen molar-refractivity contribution in [3.05, 3.63) is 60.3 Å². The van der Waals surface area contributed by atoms with Crippen molar-refractivity contribution in [3.8, 4) is 22.8 Å². The first-order chi connectivity index (χ1) is 15.2. The second kappa shape index (κ2) is 7.48. The van der Waals surface area contributed by atoms with Crippen LogP contribution in [0.25, 0.3) is 34.0 Å². The van der Waals surface area contributed by atoms with E-state index in [9.17, 15) is 4.79 Å². The highest BCUT2D eigenvalue weighted by Gasteiger charge is 2.22. The minimum Gasteiger partial charge on any atom is -0.497 e. The molecular weight excluding hydrogens is 398 g/mol. The summed E-state index contributed by atoms with van der Waals surface area (Å²) in [6.07, 6.45) is -0.0451. The average molecular weight is 415 g/mol. The molecule has 10 nitrogen and oxygen atoms in total. The maximum Gasteiger partial charge on any atom is 0.311 e. The minimum absolute atomic E-state index is 0.0451. The number of fused-ring (bicyclic) bond motifs is 3. The summed E-state index contributed by atoms with van der Waals surface area (Å²) in [5.74, 6) is 1.13. The Balaban J connectivity index is 1.76. The summed E-state index contributed by atoms with van der Waals surface area (Å²) in [5, 5.41) is 17.8. The van der Waals surface area contributed by atoms with Gasteiger partial charge in [0.05, 0.1) is 26.3 Å². The molecule has 0 aliphatic rings. The molecule has 0 saturated carbocycles. The number of ether oxygens (including phenoxy) is 2. The van der Waals surface area contributed by atoms with Crippen molar-refractivity contribution in [2.75, 3.05) is 14.2 Å². The highest BCUT2D eigenvalue weighted by Crippen LogP contribution is 2.24. The van der Waals surface area contributed by atoms with Gasteiger partial charge in [0, 0.05) is 5.56 Å². The fraction of sp³-hybridized carbons (Fsp3) is 0.143. The Labute approximate surface area is 176 Å². The van der Waals surface area contributed by atoms with Crippen LogP contribution >= 0.6 is 0 Å². The molecule has 3 aromatic heterocycles. The van der Waals surface area contributed by atoms with E-state index in [1.54, 1.807) is 16.3 Å². The smallest absolute Gasteiger partial charge is 0.311 e. The van der Waals surface area contributed by atoms with Crippen LogP contribution in [0.4, 0.5) is 0 Å². The zero-order chi connectivity index (χ0) is 21.4. The third kappa shape index (κ3) is 3.23. The molecule has 5 aromatic rings. The van der Waals surface area contributed by atoms with Crippen molar-refractivity contribution in [3.63, 3.8) is 0 Å². The molecule has 0 amide bonds. The normalized spacial score (nSPS) is 11.2. The first-order valence-electron chi connectivity index (χ1n) is 9.45. The lowest BCUT2D eigenvalue weighted by molar-refractivity contribution is -0.139. The van der Waals surface area contributed by atoms with Gasteiger partial charge < -0.3 is 9.47 Å². The van der Waals surface area contributed by atoms with E-state index >= 15 is 0 Å². The van der Waals surface area contributed by atoms with Crippen LogP contribution in [0, 0.1) is 0 Å². The first-order valence-corrected chi connectivity index (χ1v) is 9.45. The molecule has 0 saturated heterocycles. The molecule has 10 heteroatoms. The molecular formula is C21H17N7O3. The largest absolute Gasteiger partial charge is 0.497 e. The van der Waals surface area contributed by atoms with E-state index in [-0.39, 0.29) is 6.42 Å². The predicted molar refractivity (Wildman–Crippen MR) is 111 cm³/mol. The Morgan fingerprint density at radius 2 is 1.74 bits per heavy atom. The molecule has 0 unspecified atom stereocenters. The van der Waals surface area contributed by atoms with Crippen LogP contribution in [0.1, 0.15) is 5.69 Å². The molecule has 0 radical (unpaired) electrons. The molecule has 0 N–H and O–H groups in total. The molecule has 0 aliphatic carbocycles. The number of esters is 1. The summed E-state index contributed by atoms with van der Waals surface area (Å²) in [5.41, 5.74) is 3.02. The number of hydrogen-bond acceptors (Lipinski definition) is 8. The van der Waals surface area contributed by atoms with Crippen molar-refractivity contribution in [1.82, 2.24) is 34.6 Å². The summed E-state index contributed by atoms with van der Waals surface area (Å²) >= 11 is 0. The Kier molecular flexibility index (Phi) is 4.51. The van der Waals surface area contributed by atoms with Crippen molar-refractivity contribution < 1.29 is 14.3 Å². The van der Waals surface area contributed by atoms with Crippen molar-refractivity contribution in [2.24, 2.45) is 0 Å². The van der Waals surface area contributed by atoms with E-state index in [2.05, 4.69) is 25.4 Å². The van der Waals surface area contributed by atoms with Crippen LogP contribution in [-0.2, 0) is 16.0 Å². The lowest BCUT2D eigenvalue weighted by Crippen LogP contribution is -2.06. The summed E-state index contributed by atoms with van der Waals surface area (Å²) in [6, 6.07) is 17.0. The van der Waals surface area contributed by atoms with Gasteiger partial charge in [-0.3, -0.25) is 4.79 Å². The lowest BCUT2D eigenvalue weighted by atomic mass is 10.2. The highest BCUT2D eigenvalue weighted by molar-refractivity contribution is 5.82. The van der Waals surface area contributed by atoms with Gasteiger partial charge in [-0.05, 0) is 24.3 Å². The van der Waals surface area contributed by atoms with E-state index in [4.69, 9.17) is 9.47 Å². The van der Waals surface area contributed by atoms with Crippen LogP contribution in [-0.4, -0.2) is 54.8 Å². The molecule has 5 rings (SSSR count). The summed E-state index contributed by atoms with van der Waals surface area (Å²) in [6.45, 7) is 0. The topological polar surface area (TPSA) is 109 Å². The SMILES string of the molecule is COC(=O)Cc1nn(-c2ccc(OC)cc2)c2c1nnc1nc(-c3ccccc3)nn12. The van der Waals surface area contributed by atoms with Crippen LogP contribution in [0.15, 0.2) is 54.6 Å². The van der Waals surface area contributed by atoms with E-state index in [0.29, 0.717) is 34.2 Å². The average Bonchev–Trinajstić information content (AvgIpc) is 3.41. The monoisotopic (exact) mass is 415 g/mol. The van der Waals surface area contributed by atoms with Gasteiger partial charge in [-0.15, -0.1) is 15.3 Å². The Bertz CT molecular complexity index is 1390. The van der Waals surface area contributed by atoms with E-state index < -0.39 is 5.97 Å². The number of methoxy groups -OCH3 is 2. The Morgan fingerprint density at radius 1 is 0.968 bits per heavy atom. The maximum atomic E-state index is 11.9. The number of carbonyl (C=O) groups excluding carboxylic acids is 1. The number of nitrogens with zero attached hydrogens (tertiary/aromatic N) is 7. The number of hydrogen-bond donors (Lipinski definition) is 0. The van der Waals surface area contributed by atoms with Crippen molar-refractivity contribution in [2.45, 2.75) is 6.42 Å². The van der Waals surface area contributed by atoms with Gasteiger partial charge in [0.15, 0.2) is 17.0 Å². The third-order valence-corrected chi connectivity index (χ3v) is 4.83. The van der Waals surface area contributed by atoms with Crippen LogP contribution < -0.4 is 4.74 Å². The molecule has 0 aliphatic heterocycles. The summed E-state index contributed by atoms with van der Waals surface area (Å²) in [7, 11) is 2.94. The van der Waals surface area contributed by atoms with Gasteiger partial charge in [-0.2, -0.15) is 14.6 Å². The molecule has 3 heterocycles. The number of rotatable bonds is 5.